The number of hydrogen-bond acceptors (Lipinski definition) is 5. The lowest BCUT2D eigenvalue weighted by molar-refractivity contribution is -0.161. The van der Waals surface area contributed by atoms with E-state index in [-0.39, 0.29) is 12.5 Å². The van der Waals surface area contributed by atoms with Crippen molar-refractivity contribution in [3.05, 3.63) is 29.8 Å². The summed E-state index contributed by atoms with van der Waals surface area (Å²) in [6.07, 6.45) is 0.208. The highest BCUT2D eigenvalue weighted by molar-refractivity contribution is 5.81. The fourth-order valence-corrected chi connectivity index (χ4v) is 2.13. The van der Waals surface area contributed by atoms with Gasteiger partial charge in [0.1, 0.15) is 5.75 Å². The van der Waals surface area contributed by atoms with Crippen LogP contribution in [0.2, 0.25) is 0 Å². The van der Waals surface area contributed by atoms with Crippen molar-refractivity contribution in [1.82, 2.24) is 4.90 Å². The van der Waals surface area contributed by atoms with Gasteiger partial charge in [0.2, 0.25) is 0 Å². The second kappa shape index (κ2) is 11.5. The number of carbonyl (C=O) groups excluding carboxylic acids is 2. The minimum atomic E-state index is -0.669. The lowest BCUT2D eigenvalue weighted by Crippen LogP contribution is -2.33. The number of hydrogen-bond donors (Lipinski definition) is 0. The van der Waals surface area contributed by atoms with Gasteiger partial charge in [0.25, 0.3) is 5.91 Å². The van der Waals surface area contributed by atoms with Crippen LogP contribution in [-0.2, 0) is 25.6 Å². The Morgan fingerprint density at radius 1 is 1.12 bits per heavy atom. The fourth-order valence-electron chi connectivity index (χ4n) is 2.13. The van der Waals surface area contributed by atoms with E-state index in [9.17, 15) is 9.59 Å². The molecule has 0 saturated carbocycles. The Bertz CT molecular complexity index is 556. The molecule has 1 amide bonds. The van der Waals surface area contributed by atoms with Gasteiger partial charge < -0.3 is 19.1 Å². The summed E-state index contributed by atoms with van der Waals surface area (Å²) in [6, 6.07) is 7.55. The van der Waals surface area contributed by atoms with E-state index >= 15 is 0 Å². The molecule has 0 aliphatic rings. The second-order valence-corrected chi connectivity index (χ2v) is 6.63. The third-order valence-corrected chi connectivity index (χ3v) is 3.81. The van der Waals surface area contributed by atoms with Crippen molar-refractivity contribution in [3.63, 3.8) is 0 Å². The number of likely N-dealkylation sites (N-methyl/N-ethyl adjacent to an activating group) is 1. The molecule has 6 heteroatoms. The van der Waals surface area contributed by atoms with Crippen molar-refractivity contribution >= 4 is 11.9 Å². The van der Waals surface area contributed by atoms with Gasteiger partial charge in [-0.3, -0.25) is 4.79 Å². The maximum absolute atomic E-state index is 12.1. The summed E-state index contributed by atoms with van der Waals surface area (Å²) in [5.41, 5.74) is 0.973. The van der Waals surface area contributed by atoms with E-state index in [2.05, 4.69) is 13.8 Å². The lowest BCUT2D eigenvalue weighted by Gasteiger charge is -2.18. The number of nitrogens with zero attached hydrogens (tertiary/aromatic N) is 1. The third-order valence-electron chi connectivity index (χ3n) is 3.81. The SMILES string of the molecule is CCOc1ccc(CN(C)C(=O)COC(=O)C(C)OCCC(C)C)cc1. The summed E-state index contributed by atoms with van der Waals surface area (Å²) in [5, 5.41) is 0. The van der Waals surface area contributed by atoms with Crippen molar-refractivity contribution in [3.8, 4) is 5.75 Å². The Balaban J connectivity index is 2.35. The molecule has 0 saturated heterocycles. The number of amides is 1. The summed E-state index contributed by atoms with van der Waals surface area (Å²) in [7, 11) is 1.68. The summed E-state index contributed by atoms with van der Waals surface area (Å²) < 4.78 is 15.9. The third kappa shape index (κ3) is 8.34. The quantitative estimate of drug-likeness (QED) is 0.564. The smallest absolute Gasteiger partial charge is 0.335 e. The zero-order valence-corrected chi connectivity index (χ0v) is 16.5. The van der Waals surface area contributed by atoms with Crippen LogP contribution >= 0.6 is 0 Å². The Labute approximate surface area is 156 Å². The highest BCUT2D eigenvalue weighted by atomic mass is 16.6. The van der Waals surface area contributed by atoms with Gasteiger partial charge >= 0.3 is 5.97 Å². The van der Waals surface area contributed by atoms with E-state index in [0.717, 1.165) is 17.7 Å². The average molecular weight is 365 g/mol. The van der Waals surface area contributed by atoms with Crippen molar-refractivity contribution in [1.29, 1.82) is 0 Å². The van der Waals surface area contributed by atoms with Gasteiger partial charge in [0.15, 0.2) is 12.7 Å². The standard InChI is InChI=1S/C20H31NO5/c1-6-24-18-9-7-17(8-10-18)13-21(5)19(22)14-26-20(23)16(4)25-12-11-15(2)3/h7-10,15-16H,6,11-14H2,1-5H3. The van der Waals surface area contributed by atoms with E-state index in [1.165, 1.54) is 4.90 Å². The molecule has 0 aromatic heterocycles. The predicted molar refractivity (Wildman–Crippen MR) is 99.9 cm³/mol. The molecule has 1 atom stereocenters. The number of ether oxygens (including phenoxy) is 3. The maximum atomic E-state index is 12.1. The Kier molecular flexibility index (Phi) is 9.73. The van der Waals surface area contributed by atoms with Gasteiger partial charge in [-0.1, -0.05) is 26.0 Å². The molecular weight excluding hydrogens is 334 g/mol. The molecule has 1 aromatic rings. The van der Waals surface area contributed by atoms with Gasteiger partial charge in [-0.15, -0.1) is 0 Å². The molecule has 0 N–H and O–H groups in total. The molecule has 1 aromatic carbocycles. The predicted octanol–water partition coefficient (Wildman–Crippen LogP) is 3.04. The average Bonchev–Trinajstić information content (AvgIpc) is 2.60. The van der Waals surface area contributed by atoms with E-state index < -0.39 is 12.1 Å². The van der Waals surface area contributed by atoms with Crippen LogP contribution in [0, 0.1) is 5.92 Å². The molecule has 0 aliphatic carbocycles. The Morgan fingerprint density at radius 3 is 2.35 bits per heavy atom. The van der Waals surface area contributed by atoms with Crippen molar-refractivity contribution < 1.29 is 23.8 Å². The van der Waals surface area contributed by atoms with Crippen molar-refractivity contribution in [2.45, 2.75) is 46.8 Å². The number of carbonyl (C=O) groups is 2. The number of benzene rings is 1. The van der Waals surface area contributed by atoms with Crippen LogP contribution in [0.1, 0.15) is 39.7 Å². The molecule has 0 heterocycles. The minimum absolute atomic E-state index is 0.262. The van der Waals surface area contributed by atoms with Gasteiger partial charge in [0.05, 0.1) is 6.61 Å². The van der Waals surface area contributed by atoms with Gasteiger partial charge in [-0.2, -0.15) is 0 Å². The minimum Gasteiger partial charge on any atom is -0.494 e. The molecule has 6 nitrogen and oxygen atoms in total. The molecule has 26 heavy (non-hydrogen) atoms. The molecule has 0 radical (unpaired) electrons. The molecule has 0 aliphatic heterocycles. The van der Waals surface area contributed by atoms with Crippen LogP contribution in [0.3, 0.4) is 0 Å². The van der Waals surface area contributed by atoms with Gasteiger partial charge in [-0.25, -0.2) is 4.79 Å². The molecule has 0 fully saturated rings. The highest BCUT2D eigenvalue weighted by Gasteiger charge is 2.18. The molecule has 1 rings (SSSR count). The molecule has 1 unspecified atom stereocenters. The zero-order valence-electron chi connectivity index (χ0n) is 16.5. The lowest BCUT2D eigenvalue weighted by atomic mass is 10.1. The van der Waals surface area contributed by atoms with Crippen LogP contribution in [0.5, 0.6) is 5.75 Å². The summed E-state index contributed by atoms with van der Waals surface area (Å²) in [4.78, 5) is 25.5. The number of rotatable bonds is 11. The van der Waals surface area contributed by atoms with Crippen LogP contribution in [0.4, 0.5) is 0 Å². The molecular formula is C20H31NO5. The topological polar surface area (TPSA) is 65.1 Å². The maximum Gasteiger partial charge on any atom is 0.335 e. The van der Waals surface area contributed by atoms with Gasteiger partial charge in [-0.05, 0) is 43.9 Å². The second-order valence-electron chi connectivity index (χ2n) is 6.63. The first-order valence-electron chi connectivity index (χ1n) is 9.07. The van der Waals surface area contributed by atoms with Crippen LogP contribution < -0.4 is 4.74 Å². The summed E-state index contributed by atoms with van der Waals surface area (Å²) in [6.45, 7) is 9.00. The molecule has 0 spiro atoms. The van der Waals surface area contributed by atoms with Crippen molar-refractivity contribution in [2.24, 2.45) is 5.92 Å². The molecule has 146 valence electrons. The Morgan fingerprint density at radius 2 is 1.77 bits per heavy atom. The largest absolute Gasteiger partial charge is 0.494 e. The van der Waals surface area contributed by atoms with Crippen LogP contribution in [0.25, 0.3) is 0 Å². The molecule has 0 bridgehead atoms. The van der Waals surface area contributed by atoms with E-state index in [1.807, 2.05) is 31.2 Å². The zero-order chi connectivity index (χ0) is 19.5. The van der Waals surface area contributed by atoms with Crippen LogP contribution in [0.15, 0.2) is 24.3 Å². The monoisotopic (exact) mass is 365 g/mol. The first kappa shape index (κ1) is 22.0. The summed E-state index contributed by atoms with van der Waals surface area (Å²) in [5.74, 6) is 0.528. The summed E-state index contributed by atoms with van der Waals surface area (Å²) >= 11 is 0. The van der Waals surface area contributed by atoms with E-state index in [1.54, 1.807) is 14.0 Å². The normalized spacial score (nSPS) is 11.9. The highest BCUT2D eigenvalue weighted by Crippen LogP contribution is 2.13. The first-order valence-corrected chi connectivity index (χ1v) is 9.07. The van der Waals surface area contributed by atoms with Crippen LogP contribution in [-0.4, -0.2) is 49.7 Å². The van der Waals surface area contributed by atoms with Crippen molar-refractivity contribution in [2.75, 3.05) is 26.9 Å². The van der Waals surface area contributed by atoms with E-state index in [4.69, 9.17) is 14.2 Å². The van der Waals surface area contributed by atoms with Gasteiger partial charge in [0, 0.05) is 20.2 Å². The fraction of sp³-hybridized carbons (Fsp3) is 0.600. The van der Waals surface area contributed by atoms with E-state index in [0.29, 0.717) is 25.7 Å². The number of esters is 1. The first-order chi connectivity index (χ1) is 12.3. The Hall–Kier alpha value is -2.08.